The maximum atomic E-state index is 14.0. The second kappa shape index (κ2) is 11.0. The van der Waals surface area contributed by atoms with Crippen LogP contribution in [0.3, 0.4) is 0 Å². The highest BCUT2D eigenvalue weighted by molar-refractivity contribution is 5.98. The number of aliphatic imine (C=N–C) groups is 1. The first kappa shape index (κ1) is 25.8. The molecule has 0 spiro atoms. The van der Waals surface area contributed by atoms with Gasteiger partial charge in [-0.2, -0.15) is 0 Å². The van der Waals surface area contributed by atoms with E-state index in [2.05, 4.69) is 10.3 Å². The SMILES string of the molecule is CC(C)C1=C(Cc2ccc(C(=O)NCC(N)=O)cc2)C(O[C@@H]2O[C@H](CO)[C@@H](F)[C@H](O)[C@H]2O)=NC1. The number of amides is 2. The summed E-state index contributed by atoms with van der Waals surface area (Å²) in [6.07, 6.45) is -7.74. The lowest BCUT2D eigenvalue weighted by atomic mass is 9.94. The Morgan fingerprint density at radius 2 is 1.94 bits per heavy atom. The largest absolute Gasteiger partial charge is 0.445 e. The van der Waals surface area contributed by atoms with Crippen molar-refractivity contribution in [3.05, 3.63) is 46.5 Å². The van der Waals surface area contributed by atoms with Crippen molar-refractivity contribution < 1.29 is 38.8 Å². The molecule has 34 heavy (non-hydrogen) atoms. The third-order valence-corrected chi connectivity index (χ3v) is 5.78. The second-order valence-electron chi connectivity index (χ2n) is 8.57. The quantitative estimate of drug-likeness (QED) is 0.339. The number of hydrogen-bond acceptors (Lipinski definition) is 8. The summed E-state index contributed by atoms with van der Waals surface area (Å²) < 4.78 is 25.1. The number of carbonyl (C=O) groups is 2. The van der Waals surface area contributed by atoms with E-state index >= 15 is 0 Å². The highest BCUT2D eigenvalue weighted by atomic mass is 19.1. The van der Waals surface area contributed by atoms with E-state index in [4.69, 9.17) is 15.2 Å². The van der Waals surface area contributed by atoms with Crippen molar-refractivity contribution in [2.24, 2.45) is 16.6 Å². The zero-order chi connectivity index (χ0) is 25.0. The fourth-order valence-corrected chi connectivity index (χ4v) is 3.81. The Hall–Kier alpha value is -2.86. The van der Waals surface area contributed by atoms with Gasteiger partial charge in [-0.25, -0.2) is 9.38 Å². The van der Waals surface area contributed by atoms with E-state index in [1.807, 2.05) is 13.8 Å². The van der Waals surface area contributed by atoms with Gasteiger partial charge in [0.05, 0.1) is 19.7 Å². The Morgan fingerprint density at radius 3 is 2.53 bits per heavy atom. The maximum absolute atomic E-state index is 14.0. The van der Waals surface area contributed by atoms with Gasteiger partial charge >= 0.3 is 0 Å². The fourth-order valence-electron chi connectivity index (χ4n) is 3.81. The highest BCUT2D eigenvalue weighted by Gasteiger charge is 2.46. The van der Waals surface area contributed by atoms with Crippen molar-refractivity contribution in [1.82, 2.24) is 5.32 Å². The molecule has 3 rings (SSSR count). The lowest BCUT2D eigenvalue weighted by Crippen LogP contribution is -2.58. The predicted molar refractivity (Wildman–Crippen MR) is 120 cm³/mol. The smallest absolute Gasteiger partial charge is 0.251 e. The number of nitrogens with two attached hydrogens (primary N) is 1. The molecule has 2 heterocycles. The molecule has 2 aliphatic heterocycles. The molecular formula is C23H30FN3O7. The van der Waals surface area contributed by atoms with Crippen LogP contribution >= 0.6 is 0 Å². The molecule has 0 bridgehead atoms. The van der Waals surface area contributed by atoms with E-state index in [0.717, 1.165) is 16.7 Å². The van der Waals surface area contributed by atoms with Crippen LogP contribution in [0.25, 0.3) is 0 Å². The van der Waals surface area contributed by atoms with E-state index in [9.17, 15) is 29.3 Å². The summed E-state index contributed by atoms with van der Waals surface area (Å²) >= 11 is 0. The summed E-state index contributed by atoms with van der Waals surface area (Å²) in [6, 6.07) is 6.74. The second-order valence-corrected chi connectivity index (χ2v) is 8.57. The highest BCUT2D eigenvalue weighted by Crippen LogP contribution is 2.30. The average molecular weight is 480 g/mol. The van der Waals surface area contributed by atoms with Crippen LogP contribution in [-0.2, 0) is 20.7 Å². The van der Waals surface area contributed by atoms with Crippen molar-refractivity contribution >= 4 is 17.7 Å². The van der Waals surface area contributed by atoms with Gasteiger partial charge in [0.1, 0.15) is 18.3 Å². The number of carbonyl (C=O) groups excluding carboxylic acids is 2. The number of rotatable bonds is 8. The Morgan fingerprint density at radius 1 is 1.26 bits per heavy atom. The van der Waals surface area contributed by atoms with Gasteiger partial charge in [0, 0.05) is 17.6 Å². The summed E-state index contributed by atoms with van der Waals surface area (Å²) in [7, 11) is 0. The molecule has 0 radical (unpaired) electrons. The van der Waals surface area contributed by atoms with E-state index in [1.165, 1.54) is 0 Å². The molecule has 10 nitrogen and oxygen atoms in total. The van der Waals surface area contributed by atoms with Gasteiger partial charge in [-0.15, -0.1) is 0 Å². The topological polar surface area (TPSA) is 164 Å². The molecule has 2 amide bonds. The monoisotopic (exact) mass is 479 g/mol. The number of primary amides is 1. The minimum absolute atomic E-state index is 0.141. The third-order valence-electron chi connectivity index (χ3n) is 5.78. The number of aliphatic hydroxyl groups excluding tert-OH is 3. The first-order valence-electron chi connectivity index (χ1n) is 11.0. The lowest BCUT2D eigenvalue weighted by Gasteiger charge is -2.38. The number of ether oxygens (including phenoxy) is 2. The van der Waals surface area contributed by atoms with E-state index in [1.54, 1.807) is 24.3 Å². The Bertz CT molecular complexity index is 962. The third kappa shape index (κ3) is 5.79. The molecule has 1 saturated heterocycles. The van der Waals surface area contributed by atoms with Crippen LogP contribution in [0.1, 0.15) is 29.8 Å². The van der Waals surface area contributed by atoms with Crippen molar-refractivity contribution in [2.75, 3.05) is 19.7 Å². The first-order valence-corrected chi connectivity index (χ1v) is 11.0. The molecule has 0 saturated carbocycles. The van der Waals surface area contributed by atoms with E-state index in [0.29, 0.717) is 18.5 Å². The lowest BCUT2D eigenvalue weighted by molar-refractivity contribution is -0.269. The van der Waals surface area contributed by atoms with Gasteiger partial charge in [-0.1, -0.05) is 26.0 Å². The molecule has 1 fully saturated rings. The number of hydrogen-bond donors (Lipinski definition) is 5. The van der Waals surface area contributed by atoms with Crippen LogP contribution in [0.15, 0.2) is 40.4 Å². The van der Waals surface area contributed by atoms with Crippen molar-refractivity contribution in [3.63, 3.8) is 0 Å². The van der Waals surface area contributed by atoms with Gasteiger partial charge in [-0.3, -0.25) is 9.59 Å². The molecular weight excluding hydrogens is 449 g/mol. The van der Waals surface area contributed by atoms with E-state index in [-0.39, 0.29) is 18.4 Å². The standard InChI is InChI=1S/C23H30FN3O7/c1-11(2)15-8-27-22(34-23-20(31)19(30)18(24)16(10-28)33-23)14(15)7-12-3-5-13(6-4-12)21(32)26-9-17(25)29/h3-6,11,16,18-20,23,28,30-31H,7-10H2,1-2H3,(H2,25,29)(H,26,32)/t16-,18-,19+,20-,23+/m1/s1. The van der Waals surface area contributed by atoms with Crippen molar-refractivity contribution in [2.45, 2.75) is 51.0 Å². The summed E-state index contributed by atoms with van der Waals surface area (Å²) in [6.45, 7) is 3.44. The van der Waals surface area contributed by atoms with Crippen molar-refractivity contribution in [1.29, 1.82) is 0 Å². The Kier molecular flexibility index (Phi) is 8.37. The first-order chi connectivity index (χ1) is 16.1. The zero-order valence-electron chi connectivity index (χ0n) is 19.0. The number of benzene rings is 1. The van der Waals surface area contributed by atoms with Crippen molar-refractivity contribution in [3.8, 4) is 0 Å². The number of alkyl halides is 1. The summed E-state index contributed by atoms with van der Waals surface area (Å²) in [5.74, 6) is -0.720. The van der Waals surface area contributed by atoms with Gasteiger partial charge in [0.2, 0.25) is 18.1 Å². The average Bonchev–Trinajstić information content (AvgIpc) is 3.20. The normalized spacial score (nSPS) is 27.0. The Labute approximate surface area is 196 Å². The molecule has 0 aliphatic carbocycles. The van der Waals surface area contributed by atoms with Crippen LogP contribution in [0.4, 0.5) is 4.39 Å². The summed E-state index contributed by atoms with van der Waals surface area (Å²) in [5, 5.41) is 31.9. The van der Waals surface area contributed by atoms with Gasteiger partial charge < -0.3 is 35.8 Å². The summed E-state index contributed by atoms with van der Waals surface area (Å²) in [4.78, 5) is 27.3. The zero-order valence-corrected chi connectivity index (χ0v) is 19.0. The predicted octanol–water partition coefficient (Wildman–Crippen LogP) is -0.397. The number of nitrogens with one attached hydrogen (secondary N) is 1. The number of halogens is 1. The molecule has 11 heteroatoms. The molecule has 0 aromatic heterocycles. The fraction of sp³-hybridized carbons (Fsp3) is 0.522. The molecule has 0 unspecified atom stereocenters. The minimum atomic E-state index is -1.95. The van der Waals surface area contributed by atoms with Crippen LogP contribution in [-0.4, -0.2) is 83.5 Å². The van der Waals surface area contributed by atoms with Gasteiger partial charge in [0.25, 0.3) is 5.91 Å². The maximum Gasteiger partial charge on any atom is 0.251 e. The molecule has 2 aliphatic rings. The molecule has 5 atom stereocenters. The number of nitrogens with zero attached hydrogens (tertiary/aromatic N) is 1. The van der Waals surface area contributed by atoms with Gasteiger partial charge in [-0.05, 0) is 29.2 Å². The molecule has 186 valence electrons. The molecule has 1 aromatic rings. The Balaban J connectivity index is 1.75. The van der Waals surface area contributed by atoms with Crippen LogP contribution in [0.2, 0.25) is 0 Å². The summed E-state index contributed by atoms with van der Waals surface area (Å²) in [5.41, 5.74) is 8.01. The molecule has 1 aromatic carbocycles. The number of aliphatic hydroxyl groups is 3. The molecule has 6 N–H and O–H groups in total. The van der Waals surface area contributed by atoms with Crippen LogP contribution in [0, 0.1) is 5.92 Å². The van der Waals surface area contributed by atoms with E-state index < -0.39 is 49.2 Å². The van der Waals surface area contributed by atoms with Gasteiger partial charge in [0.15, 0.2) is 6.17 Å². The van der Waals surface area contributed by atoms with Crippen LogP contribution < -0.4 is 11.1 Å². The minimum Gasteiger partial charge on any atom is -0.445 e. The van der Waals surface area contributed by atoms with Crippen LogP contribution in [0.5, 0.6) is 0 Å².